The molecule has 2 heterocycles. The van der Waals surface area contributed by atoms with Crippen LogP contribution in [0.25, 0.3) is 0 Å². The third-order valence-corrected chi connectivity index (χ3v) is 4.74. The smallest absolute Gasteiger partial charge is 0.326 e. The van der Waals surface area contributed by atoms with Crippen molar-refractivity contribution in [3.05, 3.63) is 23.5 Å². The van der Waals surface area contributed by atoms with E-state index in [1.807, 2.05) is 0 Å². The normalized spacial score (nSPS) is 27.3. The Bertz CT molecular complexity index is 622. The van der Waals surface area contributed by atoms with Crippen LogP contribution in [0.2, 0.25) is 0 Å². The van der Waals surface area contributed by atoms with Gasteiger partial charge in [-0.25, -0.2) is 9.59 Å². The van der Waals surface area contributed by atoms with Crippen LogP contribution < -0.4 is 0 Å². The molecule has 0 amide bonds. The fraction of sp³-hybridized carbons (Fsp3) is 0.500. The summed E-state index contributed by atoms with van der Waals surface area (Å²) in [6.45, 7) is 0.818. The molecule has 2 atom stereocenters. The molecule has 0 bridgehead atoms. The maximum absolute atomic E-state index is 12.4. The molecule has 8 nitrogen and oxygen atoms in total. The molecule has 0 radical (unpaired) electrons. The first kappa shape index (κ1) is 16.2. The van der Waals surface area contributed by atoms with Gasteiger partial charge in [0.15, 0.2) is 0 Å². The molecule has 0 aromatic heterocycles. The molecule has 0 aromatic rings. The third-order valence-electron chi connectivity index (χ3n) is 4.74. The predicted molar refractivity (Wildman–Crippen MR) is 80.9 cm³/mol. The zero-order valence-electron chi connectivity index (χ0n) is 13.0. The average Bonchev–Trinajstić information content (AvgIpc) is 3.17. The molecule has 2 saturated heterocycles. The van der Waals surface area contributed by atoms with Gasteiger partial charge in [0.1, 0.15) is 12.1 Å². The highest BCUT2D eigenvalue weighted by Gasteiger charge is 2.39. The predicted octanol–water partition coefficient (Wildman–Crippen LogP) is 0.00400. The lowest BCUT2D eigenvalue weighted by Crippen LogP contribution is -2.42. The first-order valence-electron chi connectivity index (χ1n) is 7.91. The van der Waals surface area contributed by atoms with Crippen LogP contribution in [0.5, 0.6) is 0 Å². The van der Waals surface area contributed by atoms with Crippen LogP contribution in [0.15, 0.2) is 23.5 Å². The minimum absolute atomic E-state index is 0.0831. The summed E-state index contributed by atoms with van der Waals surface area (Å²) in [6.07, 6.45) is 4.43. The van der Waals surface area contributed by atoms with Gasteiger partial charge in [0.05, 0.1) is 11.4 Å². The molecule has 3 aliphatic rings. The van der Waals surface area contributed by atoms with Gasteiger partial charge >= 0.3 is 11.9 Å². The molecule has 0 spiro atoms. The largest absolute Gasteiger partial charge is 0.480 e. The van der Waals surface area contributed by atoms with Crippen LogP contribution >= 0.6 is 0 Å². The van der Waals surface area contributed by atoms with Gasteiger partial charge < -0.3 is 20.0 Å². The van der Waals surface area contributed by atoms with E-state index >= 15 is 0 Å². The number of carboxylic acids is 2. The van der Waals surface area contributed by atoms with E-state index in [2.05, 4.69) is 0 Å². The number of hydrogen-bond donors (Lipinski definition) is 2. The minimum atomic E-state index is -1.02. The van der Waals surface area contributed by atoms with E-state index in [4.69, 9.17) is 0 Å². The molecule has 2 aliphatic heterocycles. The summed E-state index contributed by atoms with van der Waals surface area (Å²) in [7, 11) is 0. The molecule has 0 unspecified atom stereocenters. The summed E-state index contributed by atoms with van der Waals surface area (Å²) in [5, 5.41) is 18.5. The van der Waals surface area contributed by atoms with Gasteiger partial charge in [-0.3, -0.25) is 9.59 Å². The Labute approximate surface area is 138 Å². The third kappa shape index (κ3) is 2.68. The number of hydrogen-bond acceptors (Lipinski definition) is 6. The second-order valence-corrected chi connectivity index (χ2v) is 6.17. The van der Waals surface area contributed by atoms with Gasteiger partial charge in [-0.2, -0.15) is 0 Å². The standard InChI is InChI=1S/C16H18N2O6/c19-13-8-12(18-6-2-4-10(18)16(23)24)14(20)7-11(13)17-5-1-3-9(17)15(21)22/h7-10H,1-6H2,(H,21,22)(H,23,24)/t9-,10-/m1/s1. The molecule has 0 aromatic carbocycles. The van der Waals surface area contributed by atoms with Crippen LogP contribution in [0.4, 0.5) is 0 Å². The quantitative estimate of drug-likeness (QED) is 0.691. The Morgan fingerprint density at radius 1 is 0.833 bits per heavy atom. The van der Waals surface area contributed by atoms with Gasteiger partial charge in [0.2, 0.25) is 11.6 Å². The molecule has 3 rings (SSSR count). The second-order valence-electron chi connectivity index (χ2n) is 6.17. The molecule has 24 heavy (non-hydrogen) atoms. The van der Waals surface area contributed by atoms with Crippen molar-refractivity contribution in [2.45, 2.75) is 37.8 Å². The number of carbonyl (C=O) groups is 4. The van der Waals surface area contributed by atoms with E-state index in [9.17, 15) is 29.4 Å². The number of nitrogens with zero attached hydrogens (tertiary/aromatic N) is 2. The first-order valence-corrected chi connectivity index (χ1v) is 7.91. The number of likely N-dealkylation sites (tertiary alicyclic amines) is 2. The Hall–Kier alpha value is -2.64. The summed E-state index contributed by atoms with van der Waals surface area (Å²) < 4.78 is 0. The lowest BCUT2D eigenvalue weighted by Gasteiger charge is -2.30. The van der Waals surface area contributed by atoms with Crippen molar-refractivity contribution in [1.29, 1.82) is 0 Å². The molecule has 0 saturated carbocycles. The van der Waals surface area contributed by atoms with Crippen LogP contribution in [0, 0.1) is 0 Å². The number of aliphatic carboxylic acids is 2. The van der Waals surface area contributed by atoms with Gasteiger partial charge in [-0.1, -0.05) is 0 Å². The fourth-order valence-electron chi connectivity index (χ4n) is 3.61. The highest BCUT2D eigenvalue weighted by Crippen LogP contribution is 2.29. The van der Waals surface area contributed by atoms with Crippen molar-refractivity contribution in [1.82, 2.24) is 9.80 Å². The Kier molecular flexibility index (Phi) is 4.13. The summed E-state index contributed by atoms with van der Waals surface area (Å²) in [5.74, 6) is -2.94. The molecule has 128 valence electrons. The van der Waals surface area contributed by atoms with E-state index in [0.717, 1.165) is 12.2 Å². The van der Waals surface area contributed by atoms with E-state index in [1.165, 1.54) is 9.80 Å². The molecule has 2 N–H and O–H groups in total. The molecule has 2 fully saturated rings. The topological polar surface area (TPSA) is 115 Å². The average molecular weight is 334 g/mol. The lowest BCUT2D eigenvalue weighted by atomic mass is 10.0. The number of allylic oxidation sites excluding steroid dienone is 2. The highest BCUT2D eigenvalue weighted by atomic mass is 16.4. The van der Waals surface area contributed by atoms with Crippen molar-refractivity contribution < 1.29 is 29.4 Å². The van der Waals surface area contributed by atoms with Crippen molar-refractivity contribution in [2.24, 2.45) is 0 Å². The number of rotatable bonds is 4. The second kappa shape index (κ2) is 6.10. The first-order chi connectivity index (χ1) is 11.4. The molecule has 8 heteroatoms. The van der Waals surface area contributed by atoms with Gasteiger partial charge in [-0.15, -0.1) is 0 Å². The van der Waals surface area contributed by atoms with Gasteiger partial charge in [0.25, 0.3) is 0 Å². The zero-order chi connectivity index (χ0) is 17.4. The van der Waals surface area contributed by atoms with Gasteiger partial charge in [0, 0.05) is 25.2 Å². The monoisotopic (exact) mass is 334 g/mol. The SMILES string of the molecule is O=C1C=C(N2CCC[C@@H]2C(=O)O)C(=O)C=C1N1CCC[C@@H]1C(=O)O. The van der Waals surface area contributed by atoms with E-state index < -0.39 is 35.6 Å². The minimum Gasteiger partial charge on any atom is -0.480 e. The molecular formula is C16H18N2O6. The Morgan fingerprint density at radius 2 is 1.21 bits per heavy atom. The maximum Gasteiger partial charge on any atom is 0.326 e. The Balaban J connectivity index is 1.85. The van der Waals surface area contributed by atoms with Crippen LogP contribution in [0.1, 0.15) is 25.7 Å². The van der Waals surface area contributed by atoms with E-state index in [0.29, 0.717) is 38.8 Å². The highest BCUT2D eigenvalue weighted by molar-refractivity contribution is 6.19. The lowest BCUT2D eigenvalue weighted by molar-refractivity contribution is -0.143. The summed E-state index contributed by atoms with van der Waals surface area (Å²) in [6, 6.07) is -1.61. The van der Waals surface area contributed by atoms with E-state index in [1.54, 1.807) is 0 Å². The van der Waals surface area contributed by atoms with Crippen molar-refractivity contribution in [2.75, 3.05) is 13.1 Å². The van der Waals surface area contributed by atoms with Crippen molar-refractivity contribution in [3.8, 4) is 0 Å². The number of carbonyl (C=O) groups excluding carboxylic acids is 2. The number of carboxylic acid groups (broad SMARTS) is 2. The van der Waals surface area contributed by atoms with Crippen molar-refractivity contribution in [3.63, 3.8) is 0 Å². The van der Waals surface area contributed by atoms with Crippen molar-refractivity contribution >= 4 is 23.5 Å². The Morgan fingerprint density at radius 3 is 1.54 bits per heavy atom. The molecular weight excluding hydrogens is 316 g/mol. The van der Waals surface area contributed by atoms with Gasteiger partial charge in [-0.05, 0) is 25.7 Å². The van der Waals surface area contributed by atoms with Crippen LogP contribution in [0.3, 0.4) is 0 Å². The summed E-state index contributed by atoms with van der Waals surface area (Å²) in [5.41, 5.74) is 0.166. The fourth-order valence-corrected chi connectivity index (χ4v) is 3.61. The number of ketones is 2. The van der Waals surface area contributed by atoms with E-state index in [-0.39, 0.29) is 11.4 Å². The zero-order valence-corrected chi connectivity index (χ0v) is 13.0. The molecule has 1 aliphatic carbocycles. The summed E-state index contributed by atoms with van der Waals surface area (Å²) in [4.78, 5) is 50.3. The van der Waals surface area contributed by atoms with Crippen LogP contribution in [-0.4, -0.2) is 68.7 Å². The van der Waals surface area contributed by atoms with Crippen LogP contribution in [-0.2, 0) is 19.2 Å². The maximum atomic E-state index is 12.4. The summed E-state index contributed by atoms with van der Waals surface area (Å²) >= 11 is 0.